The molecule has 1 atom stereocenters. The van der Waals surface area contributed by atoms with E-state index in [0.29, 0.717) is 23.9 Å². The topological polar surface area (TPSA) is 118 Å². The Balaban J connectivity index is 1.57. The molecule has 1 aromatic carbocycles. The molecular weight excluding hydrogens is 446 g/mol. The molecule has 2 aromatic rings. The Kier molecular flexibility index (Phi) is 6.20. The lowest BCUT2D eigenvalue weighted by Gasteiger charge is -2.29. The van der Waals surface area contributed by atoms with Crippen LogP contribution in [0.25, 0.3) is 0 Å². The number of ether oxygens (including phenoxy) is 1. The average Bonchev–Trinajstić information content (AvgIpc) is 3.36. The monoisotopic (exact) mass is 469 g/mol. The van der Waals surface area contributed by atoms with Gasteiger partial charge in [-0.3, -0.25) is 14.6 Å². The summed E-state index contributed by atoms with van der Waals surface area (Å²) in [6, 6.07) is 2.94. The Morgan fingerprint density at radius 3 is 2.87 bits per heavy atom. The minimum atomic E-state index is -3.86. The van der Waals surface area contributed by atoms with Crippen LogP contribution in [0.5, 0.6) is 5.75 Å². The molecule has 12 heteroatoms. The third kappa shape index (κ3) is 4.54. The summed E-state index contributed by atoms with van der Waals surface area (Å²) in [6.45, 7) is 5.70. The number of carbonyl (C=O) groups excluding carboxylic acids is 1. The van der Waals surface area contributed by atoms with Crippen molar-refractivity contribution in [3.05, 3.63) is 28.9 Å². The van der Waals surface area contributed by atoms with Crippen molar-refractivity contribution in [3.8, 4) is 5.75 Å². The Morgan fingerprint density at radius 2 is 2.16 bits per heavy atom. The number of likely N-dealkylation sites (N-methyl/N-ethyl adjacent to an activating group) is 1. The second kappa shape index (κ2) is 8.73. The summed E-state index contributed by atoms with van der Waals surface area (Å²) in [7, 11) is -3.86. The maximum Gasteiger partial charge on any atom is 0.265 e. The second-order valence-corrected chi connectivity index (χ2v) is 9.67. The van der Waals surface area contributed by atoms with Crippen molar-refractivity contribution in [1.82, 2.24) is 19.8 Å². The van der Waals surface area contributed by atoms with Crippen molar-refractivity contribution in [2.24, 2.45) is 0 Å². The predicted molar refractivity (Wildman–Crippen MR) is 113 cm³/mol. The number of halogens is 1. The van der Waals surface area contributed by atoms with Crippen LogP contribution in [0.4, 0.5) is 5.69 Å². The number of fused-ring (bicyclic) bond motifs is 1. The molecule has 0 spiro atoms. The third-order valence-corrected chi connectivity index (χ3v) is 7.42. The summed E-state index contributed by atoms with van der Waals surface area (Å²) in [5.41, 5.74) is 0.357. The highest BCUT2D eigenvalue weighted by Crippen LogP contribution is 2.39. The van der Waals surface area contributed by atoms with Crippen LogP contribution in [0.15, 0.2) is 21.6 Å². The van der Waals surface area contributed by atoms with Gasteiger partial charge in [0.05, 0.1) is 17.3 Å². The number of nitrogens with one attached hydrogen (secondary N) is 1. The predicted octanol–water partition coefficient (Wildman–Crippen LogP) is 1.72. The summed E-state index contributed by atoms with van der Waals surface area (Å²) in [4.78, 5) is 20.1. The number of rotatable bonds is 7. The minimum Gasteiger partial charge on any atom is -0.482 e. The van der Waals surface area contributed by atoms with E-state index in [0.717, 1.165) is 25.9 Å². The maximum absolute atomic E-state index is 12.9. The number of aromatic nitrogens is 2. The number of amides is 1. The van der Waals surface area contributed by atoms with E-state index in [4.69, 9.17) is 20.9 Å². The van der Waals surface area contributed by atoms with E-state index in [1.807, 2.05) is 0 Å². The lowest BCUT2D eigenvalue weighted by Crippen LogP contribution is -2.40. The molecule has 4 rings (SSSR count). The van der Waals surface area contributed by atoms with Crippen molar-refractivity contribution in [1.29, 1.82) is 0 Å². The third-order valence-electron chi connectivity index (χ3n) is 5.53. The molecule has 1 fully saturated rings. The fourth-order valence-electron chi connectivity index (χ4n) is 3.96. The van der Waals surface area contributed by atoms with Gasteiger partial charge < -0.3 is 9.26 Å². The van der Waals surface area contributed by atoms with Crippen LogP contribution >= 0.6 is 11.6 Å². The first kappa shape index (κ1) is 22.0. The number of aryl methyl sites for hydroxylation is 1. The Bertz CT molecular complexity index is 1090. The Hall–Kier alpha value is -2.21. The first-order chi connectivity index (χ1) is 14.8. The van der Waals surface area contributed by atoms with Crippen molar-refractivity contribution < 1.29 is 22.5 Å². The molecule has 0 aliphatic carbocycles. The van der Waals surface area contributed by atoms with Gasteiger partial charge in [-0.25, -0.2) is 13.1 Å². The SMILES string of the molecule is CCN1CCC[C@H]1CNS(=O)(=O)c1cc2c(cc1Cl)N(Cc1noc(C)n1)C(=O)CO2. The maximum atomic E-state index is 12.9. The Morgan fingerprint density at radius 1 is 1.35 bits per heavy atom. The van der Waals surface area contributed by atoms with Gasteiger partial charge in [-0.1, -0.05) is 23.7 Å². The molecule has 2 aliphatic heterocycles. The summed E-state index contributed by atoms with van der Waals surface area (Å²) in [5.74, 6) is 0.636. The van der Waals surface area contributed by atoms with Gasteiger partial charge in [0.2, 0.25) is 15.9 Å². The molecule has 168 valence electrons. The largest absolute Gasteiger partial charge is 0.482 e. The van der Waals surface area contributed by atoms with Gasteiger partial charge in [0.15, 0.2) is 12.4 Å². The number of hydrogen-bond donors (Lipinski definition) is 1. The van der Waals surface area contributed by atoms with Gasteiger partial charge in [-0.05, 0) is 32.0 Å². The van der Waals surface area contributed by atoms with Crippen LogP contribution in [0.2, 0.25) is 5.02 Å². The standard InChI is InChI=1S/C19H24ClN5O5S/c1-3-24-6-4-5-13(24)9-21-31(27,28)17-8-16-15(7-14(17)20)25(19(26)11-29-16)10-18-22-12(2)30-23-18/h7-8,13,21H,3-6,9-11H2,1-2H3/t13-/m0/s1. The summed E-state index contributed by atoms with van der Waals surface area (Å²) < 4.78 is 39.0. The lowest BCUT2D eigenvalue weighted by atomic mass is 10.2. The van der Waals surface area contributed by atoms with Crippen LogP contribution in [0, 0.1) is 6.92 Å². The van der Waals surface area contributed by atoms with Crippen LogP contribution < -0.4 is 14.4 Å². The molecule has 2 aliphatic rings. The molecule has 1 saturated heterocycles. The molecule has 1 aromatic heterocycles. The average molecular weight is 470 g/mol. The van der Waals surface area contributed by atoms with Crippen LogP contribution in [0.1, 0.15) is 31.5 Å². The fourth-order valence-corrected chi connectivity index (χ4v) is 5.56. The molecule has 1 amide bonds. The van der Waals surface area contributed by atoms with Crippen molar-refractivity contribution in [2.75, 3.05) is 31.1 Å². The summed E-state index contributed by atoms with van der Waals surface area (Å²) >= 11 is 6.34. The van der Waals surface area contributed by atoms with E-state index in [-0.39, 0.29) is 40.8 Å². The van der Waals surface area contributed by atoms with Gasteiger partial charge in [-0.15, -0.1) is 0 Å². The number of carbonyl (C=O) groups is 1. The molecule has 0 bridgehead atoms. The molecule has 31 heavy (non-hydrogen) atoms. The first-order valence-corrected chi connectivity index (χ1v) is 11.9. The molecule has 3 heterocycles. The number of benzene rings is 1. The van der Waals surface area contributed by atoms with Gasteiger partial charge in [0.1, 0.15) is 10.6 Å². The van der Waals surface area contributed by atoms with Crippen LogP contribution in [0.3, 0.4) is 0 Å². The van der Waals surface area contributed by atoms with Crippen LogP contribution in [-0.2, 0) is 21.4 Å². The zero-order valence-corrected chi connectivity index (χ0v) is 18.9. The van der Waals surface area contributed by atoms with Crippen molar-refractivity contribution >= 4 is 33.2 Å². The molecule has 0 saturated carbocycles. The molecule has 1 N–H and O–H groups in total. The van der Waals surface area contributed by atoms with E-state index >= 15 is 0 Å². The smallest absolute Gasteiger partial charge is 0.265 e. The first-order valence-electron chi connectivity index (χ1n) is 10.1. The lowest BCUT2D eigenvalue weighted by molar-refractivity contribution is -0.121. The fraction of sp³-hybridized carbons (Fsp3) is 0.526. The number of nitrogens with zero attached hydrogens (tertiary/aromatic N) is 4. The number of likely N-dealkylation sites (tertiary alicyclic amines) is 1. The molecule has 0 unspecified atom stereocenters. The van der Waals surface area contributed by atoms with E-state index in [1.165, 1.54) is 17.0 Å². The van der Waals surface area contributed by atoms with Crippen LogP contribution in [-0.4, -0.2) is 61.6 Å². The highest BCUT2D eigenvalue weighted by Gasteiger charge is 2.31. The molecule has 0 radical (unpaired) electrons. The second-order valence-electron chi connectivity index (χ2n) is 7.53. The highest BCUT2D eigenvalue weighted by atomic mass is 35.5. The van der Waals surface area contributed by atoms with E-state index < -0.39 is 10.0 Å². The van der Waals surface area contributed by atoms with Crippen molar-refractivity contribution in [3.63, 3.8) is 0 Å². The van der Waals surface area contributed by atoms with Gasteiger partial charge >= 0.3 is 0 Å². The van der Waals surface area contributed by atoms with E-state index in [9.17, 15) is 13.2 Å². The van der Waals surface area contributed by atoms with Crippen molar-refractivity contribution in [2.45, 2.75) is 44.2 Å². The molecular formula is C19H24ClN5O5S. The summed E-state index contributed by atoms with van der Waals surface area (Å²) in [6.07, 6.45) is 2.00. The molecule has 10 nitrogen and oxygen atoms in total. The Labute approximate surface area is 185 Å². The highest BCUT2D eigenvalue weighted by molar-refractivity contribution is 7.89. The quantitative estimate of drug-likeness (QED) is 0.651. The van der Waals surface area contributed by atoms with E-state index in [1.54, 1.807) is 6.92 Å². The normalized spacial score (nSPS) is 19.5. The van der Waals surface area contributed by atoms with Gasteiger partial charge in [0.25, 0.3) is 5.91 Å². The summed E-state index contributed by atoms with van der Waals surface area (Å²) in [5, 5.41) is 3.81. The zero-order chi connectivity index (χ0) is 22.2. The number of anilines is 1. The van der Waals surface area contributed by atoms with Gasteiger partial charge in [-0.2, -0.15) is 4.98 Å². The minimum absolute atomic E-state index is 0.00221. The van der Waals surface area contributed by atoms with E-state index in [2.05, 4.69) is 26.7 Å². The number of hydrogen-bond acceptors (Lipinski definition) is 8. The number of sulfonamides is 1. The zero-order valence-electron chi connectivity index (χ0n) is 17.3. The van der Waals surface area contributed by atoms with Gasteiger partial charge in [0, 0.05) is 25.6 Å².